The zero-order valence-corrected chi connectivity index (χ0v) is 12.3. The average Bonchev–Trinajstić information content (AvgIpc) is 2.99. The third kappa shape index (κ3) is 2.09. The van der Waals surface area contributed by atoms with Gasteiger partial charge in [0.25, 0.3) is 5.91 Å². The maximum atomic E-state index is 12.7. The van der Waals surface area contributed by atoms with E-state index in [2.05, 4.69) is 11.9 Å². The number of fused-ring (bicyclic) bond motifs is 2. The molecule has 5 nitrogen and oxygen atoms in total. The molecular weight excluding hydrogens is 280 g/mol. The van der Waals surface area contributed by atoms with Gasteiger partial charge >= 0.3 is 0 Å². The summed E-state index contributed by atoms with van der Waals surface area (Å²) in [5, 5.41) is 0. The predicted octanol–water partition coefficient (Wildman–Crippen LogP) is 2.40. The number of amides is 1. The Morgan fingerprint density at radius 3 is 2.73 bits per heavy atom. The van der Waals surface area contributed by atoms with Crippen molar-refractivity contribution in [3.63, 3.8) is 0 Å². The van der Waals surface area contributed by atoms with Crippen molar-refractivity contribution >= 4 is 5.91 Å². The molecule has 0 radical (unpaired) electrons. The van der Waals surface area contributed by atoms with Gasteiger partial charge in [-0.3, -0.25) is 9.78 Å². The first kappa shape index (κ1) is 13.1. The Balaban J connectivity index is 1.66. The molecule has 1 unspecified atom stereocenters. The fourth-order valence-electron chi connectivity index (χ4n) is 3.04. The van der Waals surface area contributed by atoms with Crippen molar-refractivity contribution in [2.24, 2.45) is 0 Å². The van der Waals surface area contributed by atoms with Gasteiger partial charge < -0.3 is 14.4 Å². The number of carbonyl (C=O) groups is 1. The van der Waals surface area contributed by atoms with Crippen molar-refractivity contribution in [2.75, 3.05) is 6.79 Å². The first-order valence-electron chi connectivity index (χ1n) is 7.36. The fourth-order valence-corrected chi connectivity index (χ4v) is 3.04. The summed E-state index contributed by atoms with van der Waals surface area (Å²) >= 11 is 0. The molecule has 112 valence electrons. The number of carbonyl (C=O) groups excluding carboxylic acids is 1. The van der Waals surface area contributed by atoms with Crippen LogP contribution in [0.1, 0.15) is 28.5 Å². The lowest BCUT2D eigenvalue weighted by Gasteiger charge is -2.34. The van der Waals surface area contributed by atoms with Crippen LogP contribution in [0.15, 0.2) is 36.5 Å². The van der Waals surface area contributed by atoms with Crippen molar-refractivity contribution in [1.82, 2.24) is 9.88 Å². The van der Waals surface area contributed by atoms with Gasteiger partial charge in [-0.15, -0.1) is 0 Å². The van der Waals surface area contributed by atoms with Crippen LogP contribution in [0.3, 0.4) is 0 Å². The lowest BCUT2D eigenvalue weighted by molar-refractivity contribution is 0.0652. The van der Waals surface area contributed by atoms with Crippen molar-refractivity contribution in [2.45, 2.75) is 25.9 Å². The Morgan fingerprint density at radius 2 is 2.00 bits per heavy atom. The molecule has 0 spiro atoms. The summed E-state index contributed by atoms with van der Waals surface area (Å²) in [5.74, 6) is 1.53. The number of hydrogen-bond acceptors (Lipinski definition) is 4. The second kappa shape index (κ2) is 5.02. The van der Waals surface area contributed by atoms with Crippen LogP contribution < -0.4 is 9.47 Å². The smallest absolute Gasteiger partial charge is 0.272 e. The fraction of sp³-hybridized carbons (Fsp3) is 0.294. The first-order valence-corrected chi connectivity index (χ1v) is 7.36. The summed E-state index contributed by atoms with van der Waals surface area (Å²) in [7, 11) is 0. The van der Waals surface area contributed by atoms with Crippen LogP contribution in [0.4, 0.5) is 0 Å². The molecule has 0 saturated carbocycles. The lowest BCUT2D eigenvalue weighted by Crippen LogP contribution is -2.42. The van der Waals surface area contributed by atoms with Gasteiger partial charge in [-0.05, 0) is 48.7 Å². The van der Waals surface area contributed by atoms with Gasteiger partial charge in [0.1, 0.15) is 5.69 Å². The van der Waals surface area contributed by atoms with Gasteiger partial charge in [0.05, 0.1) is 0 Å². The molecule has 1 aromatic carbocycles. The number of hydrogen-bond donors (Lipinski definition) is 0. The molecule has 1 amide bonds. The third-order valence-corrected chi connectivity index (χ3v) is 4.23. The zero-order chi connectivity index (χ0) is 15.1. The van der Waals surface area contributed by atoms with Crippen LogP contribution in [0, 0.1) is 0 Å². The highest BCUT2D eigenvalue weighted by molar-refractivity contribution is 5.92. The highest BCUT2D eigenvalue weighted by Crippen LogP contribution is 2.37. The summed E-state index contributed by atoms with van der Waals surface area (Å²) < 4.78 is 10.9. The van der Waals surface area contributed by atoms with E-state index in [1.807, 2.05) is 29.2 Å². The Hall–Kier alpha value is -2.56. The number of aromatic nitrogens is 1. The number of rotatable bonds is 1. The molecule has 0 bridgehead atoms. The zero-order valence-electron chi connectivity index (χ0n) is 12.3. The molecule has 22 heavy (non-hydrogen) atoms. The highest BCUT2D eigenvalue weighted by atomic mass is 16.7. The van der Waals surface area contributed by atoms with Crippen LogP contribution >= 0.6 is 0 Å². The predicted molar refractivity (Wildman–Crippen MR) is 79.8 cm³/mol. The van der Waals surface area contributed by atoms with Gasteiger partial charge in [-0.25, -0.2) is 0 Å². The van der Waals surface area contributed by atoms with Crippen LogP contribution in [-0.2, 0) is 13.0 Å². The summed E-state index contributed by atoms with van der Waals surface area (Å²) in [5.41, 5.74) is 2.83. The molecule has 0 N–H and O–H groups in total. The van der Waals surface area contributed by atoms with Crippen molar-refractivity contribution in [3.05, 3.63) is 53.3 Å². The van der Waals surface area contributed by atoms with Crippen LogP contribution in [-0.4, -0.2) is 28.6 Å². The number of benzene rings is 1. The van der Waals surface area contributed by atoms with E-state index >= 15 is 0 Å². The minimum atomic E-state index is -0.0311. The van der Waals surface area contributed by atoms with E-state index in [4.69, 9.17) is 9.47 Å². The summed E-state index contributed by atoms with van der Waals surface area (Å²) in [6, 6.07) is 9.55. The molecular formula is C17H16N2O3. The second-order valence-corrected chi connectivity index (χ2v) is 5.68. The Bertz CT molecular complexity index is 730. The van der Waals surface area contributed by atoms with Crippen LogP contribution in [0.2, 0.25) is 0 Å². The quantitative estimate of drug-likeness (QED) is 0.811. The molecule has 2 aliphatic rings. The minimum absolute atomic E-state index is 0.0311. The molecule has 0 fully saturated rings. The van der Waals surface area contributed by atoms with E-state index in [1.165, 1.54) is 5.56 Å². The van der Waals surface area contributed by atoms with E-state index in [0.717, 1.165) is 23.5 Å². The number of nitrogens with zero attached hydrogens (tertiary/aromatic N) is 2. The summed E-state index contributed by atoms with van der Waals surface area (Å²) in [6.07, 6.45) is 2.46. The van der Waals surface area contributed by atoms with Gasteiger partial charge in [-0.2, -0.15) is 0 Å². The lowest BCUT2D eigenvalue weighted by atomic mass is 9.94. The van der Waals surface area contributed by atoms with Crippen molar-refractivity contribution < 1.29 is 14.3 Å². The van der Waals surface area contributed by atoms with Gasteiger partial charge in [0.2, 0.25) is 6.79 Å². The van der Waals surface area contributed by atoms with Gasteiger partial charge in [0.15, 0.2) is 11.5 Å². The van der Waals surface area contributed by atoms with E-state index in [0.29, 0.717) is 12.2 Å². The Morgan fingerprint density at radius 1 is 1.23 bits per heavy atom. The maximum Gasteiger partial charge on any atom is 0.272 e. The monoisotopic (exact) mass is 296 g/mol. The molecule has 0 saturated heterocycles. The normalized spacial score (nSPS) is 19.0. The topological polar surface area (TPSA) is 51.7 Å². The number of pyridine rings is 1. The highest BCUT2D eigenvalue weighted by Gasteiger charge is 2.30. The van der Waals surface area contributed by atoms with Gasteiger partial charge in [-0.1, -0.05) is 6.07 Å². The molecule has 1 atom stereocenters. The Labute approximate surface area is 128 Å². The molecule has 0 aliphatic carbocycles. The second-order valence-electron chi connectivity index (χ2n) is 5.68. The van der Waals surface area contributed by atoms with E-state index in [9.17, 15) is 4.79 Å². The SMILES string of the molecule is CC1Cc2cc3c(cc2CN1C(=O)c1ccccn1)OCO3. The van der Waals surface area contributed by atoms with Gasteiger partial charge in [0, 0.05) is 18.8 Å². The third-order valence-electron chi connectivity index (χ3n) is 4.23. The molecule has 1 aromatic heterocycles. The minimum Gasteiger partial charge on any atom is -0.454 e. The molecule has 5 heteroatoms. The average molecular weight is 296 g/mol. The molecule has 4 rings (SSSR count). The largest absolute Gasteiger partial charge is 0.454 e. The molecule has 2 aliphatic heterocycles. The summed E-state index contributed by atoms with van der Waals surface area (Å²) in [6.45, 7) is 2.90. The van der Waals surface area contributed by atoms with E-state index in [-0.39, 0.29) is 18.7 Å². The molecule has 2 aromatic rings. The van der Waals surface area contributed by atoms with Crippen LogP contribution in [0.25, 0.3) is 0 Å². The van der Waals surface area contributed by atoms with Crippen molar-refractivity contribution in [1.29, 1.82) is 0 Å². The standard InChI is InChI=1S/C17H16N2O3/c1-11-6-12-7-15-16(22-10-21-15)8-13(12)9-19(11)17(20)14-4-2-3-5-18-14/h2-5,7-8,11H,6,9-10H2,1H3. The van der Waals surface area contributed by atoms with Crippen LogP contribution in [0.5, 0.6) is 11.5 Å². The van der Waals surface area contributed by atoms with Crippen molar-refractivity contribution in [3.8, 4) is 11.5 Å². The summed E-state index contributed by atoms with van der Waals surface area (Å²) in [4.78, 5) is 18.7. The first-order chi connectivity index (χ1) is 10.7. The Kier molecular flexibility index (Phi) is 2.99. The molecule has 3 heterocycles. The van der Waals surface area contributed by atoms with E-state index < -0.39 is 0 Å². The maximum absolute atomic E-state index is 12.7. The number of ether oxygens (including phenoxy) is 2. The van der Waals surface area contributed by atoms with E-state index in [1.54, 1.807) is 12.3 Å².